The van der Waals surface area contributed by atoms with E-state index in [1.54, 1.807) is 13.2 Å². The van der Waals surface area contributed by atoms with Gasteiger partial charge in [0.05, 0.1) is 0 Å². The molecule has 0 bridgehead atoms. The van der Waals surface area contributed by atoms with Gasteiger partial charge in [-0.2, -0.15) is 0 Å². The van der Waals surface area contributed by atoms with Gasteiger partial charge in [0.2, 0.25) is 0 Å². The average Bonchev–Trinajstić information content (AvgIpc) is 2.77. The van der Waals surface area contributed by atoms with E-state index < -0.39 is 0 Å². The van der Waals surface area contributed by atoms with Crippen LogP contribution in [-0.4, -0.2) is 41.9 Å². The molecule has 94 valence electrons. The first kappa shape index (κ1) is 12.1. The fourth-order valence-corrected chi connectivity index (χ4v) is 2.05. The number of nitrogens with zero attached hydrogens (tertiary/aromatic N) is 3. The molecule has 1 aliphatic heterocycles. The third kappa shape index (κ3) is 2.83. The lowest BCUT2D eigenvalue weighted by Gasteiger charge is -2.18. The lowest BCUT2D eigenvalue weighted by atomic mass is 10.1. The third-order valence-electron chi connectivity index (χ3n) is 2.92. The van der Waals surface area contributed by atoms with Gasteiger partial charge in [-0.15, -0.1) is 0 Å². The van der Waals surface area contributed by atoms with Crippen LogP contribution < -0.4 is 10.6 Å². The summed E-state index contributed by atoms with van der Waals surface area (Å²) in [5, 5.41) is 9.12. The van der Waals surface area contributed by atoms with E-state index in [2.05, 4.69) is 14.9 Å². The molecule has 1 aromatic heterocycles. The Hall–Kier alpha value is -1.40. The Morgan fingerprint density at radius 3 is 3.06 bits per heavy atom. The fraction of sp³-hybridized carbons (Fsp3) is 0.636. The predicted octanol–water partition coefficient (Wildman–Crippen LogP) is 0.0238. The lowest BCUT2D eigenvalue weighted by Crippen LogP contribution is -2.22. The number of methoxy groups -OCH3 is 1. The number of nitrogens with two attached hydrogens (primary N) is 1. The van der Waals surface area contributed by atoms with Gasteiger partial charge in [0.25, 0.3) is 0 Å². The maximum absolute atomic E-state index is 9.12. The van der Waals surface area contributed by atoms with Crippen LogP contribution in [0.25, 0.3) is 0 Å². The highest BCUT2D eigenvalue weighted by Crippen LogP contribution is 2.23. The zero-order chi connectivity index (χ0) is 12.3. The lowest BCUT2D eigenvalue weighted by molar-refractivity contribution is 0.178. The van der Waals surface area contributed by atoms with Crippen LogP contribution in [0.5, 0.6) is 0 Å². The highest BCUT2D eigenvalue weighted by atomic mass is 16.5. The molecule has 2 rings (SSSR count). The molecule has 1 unspecified atom stereocenters. The summed E-state index contributed by atoms with van der Waals surface area (Å²) < 4.78 is 5.00. The first-order valence-corrected chi connectivity index (χ1v) is 5.71. The number of aliphatic hydroxyl groups is 1. The number of nitrogen functional groups attached to an aromatic ring is 1. The van der Waals surface area contributed by atoms with Crippen LogP contribution in [0.15, 0.2) is 6.07 Å². The van der Waals surface area contributed by atoms with Crippen molar-refractivity contribution in [3.8, 4) is 0 Å². The van der Waals surface area contributed by atoms with Gasteiger partial charge >= 0.3 is 0 Å². The minimum atomic E-state index is 0.224. The topological polar surface area (TPSA) is 84.5 Å². The maximum atomic E-state index is 9.12. The normalized spacial score (nSPS) is 19.9. The Kier molecular flexibility index (Phi) is 3.75. The van der Waals surface area contributed by atoms with Gasteiger partial charge in [0, 0.05) is 38.8 Å². The molecule has 3 N–H and O–H groups in total. The van der Waals surface area contributed by atoms with Crippen LogP contribution in [-0.2, 0) is 11.3 Å². The molecule has 1 aromatic rings. The van der Waals surface area contributed by atoms with E-state index in [1.165, 1.54) is 0 Å². The monoisotopic (exact) mass is 238 g/mol. The molecule has 0 spiro atoms. The number of anilines is 2. The molecule has 1 fully saturated rings. The van der Waals surface area contributed by atoms with E-state index in [9.17, 15) is 0 Å². The third-order valence-corrected chi connectivity index (χ3v) is 2.92. The largest absolute Gasteiger partial charge is 0.396 e. The number of hydrogen-bond donors (Lipinski definition) is 2. The van der Waals surface area contributed by atoms with Crippen molar-refractivity contribution in [2.75, 3.05) is 37.4 Å². The Labute approximate surface area is 100 Å². The first-order chi connectivity index (χ1) is 8.22. The number of ether oxygens (including phenoxy) is 1. The van der Waals surface area contributed by atoms with E-state index in [-0.39, 0.29) is 6.61 Å². The van der Waals surface area contributed by atoms with Gasteiger partial charge in [-0.25, -0.2) is 9.97 Å². The van der Waals surface area contributed by atoms with Crippen LogP contribution in [0.1, 0.15) is 12.2 Å². The highest BCUT2D eigenvalue weighted by molar-refractivity contribution is 5.47. The summed E-state index contributed by atoms with van der Waals surface area (Å²) in [6, 6.07) is 1.76. The van der Waals surface area contributed by atoms with Gasteiger partial charge in [-0.1, -0.05) is 0 Å². The van der Waals surface area contributed by atoms with Crippen LogP contribution in [0.4, 0.5) is 11.6 Å². The van der Waals surface area contributed by atoms with Crippen molar-refractivity contribution in [1.29, 1.82) is 0 Å². The van der Waals surface area contributed by atoms with Crippen molar-refractivity contribution < 1.29 is 9.84 Å². The molecule has 1 saturated heterocycles. The van der Waals surface area contributed by atoms with Crippen molar-refractivity contribution in [2.45, 2.75) is 13.0 Å². The molecule has 0 amide bonds. The summed E-state index contributed by atoms with van der Waals surface area (Å²) in [5.74, 6) is 2.20. The van der Waals surface area contributed by atoms with Crippen molar-refractivity contribution in [2.24, 2.45) is 5.92 Å². The Balaban J connectivity index is 2.15. The SMILES string of the molecule is COCc1nc(N)cc(N2CCC(CO)C2)n1. The number of rotatable bonds is 4. The van der Waals surface area contributed by atoms with Gasteiger partial charge < -0.3 is 20.5 Å². The second kappa shape index (κ2) is 5.29. The standard InChI is InChI=1S/C11H18N4O2/c1-17-7-10-13-9(12)4-11(14-10)15-3-2-8(5-15)6-16/h4,8,16H,2-3,5-7H2,1H3,(H2,12,13,14). The summed E-state index contributed by atoms with van der Waals surface area (Å²) in [6.45, 7) is 2.30. The van der Waals surface area contributed by atoms with Crippen molar-refractivity contribution in [3.05, 3.63) is 11.9 Å². The van der Waals surface area contributed by atoms with E-state index >= 15 is 0 Å². The second-order valence-corrected chi connectivity index (χ2v) is 4.28. The summed E-state index contributed by atoms with van der Waals surface area (Å²) in [4.78, 5) is 10.6. The smallest absolute Gasteiger partial charge is 0.158 e. The van der Waals surface area contributed by atoms with E-state index in [4.69, 9.17) is 15.6 Å². The summed E-state index contributed by atoms with van der Waals surface area (Å²) in [7, 11) is 1.60. The van der Waals surface area contributed by atoms with Crippen LogP contribution in [0, 0.1) is 5.92 Å². The Morgan fingerprint density at radius 2 is 2.41 bits per heavy atom. The number of aromatic nitrogens is 2. The molecule has 1 aliphatic rings. The minimum Gasteiger partial charge on any atom is -0.396 e. The van der Waals surface area contributed by atoms with E-state index in [0.29, 0.717) is 24.2 Å². The second-order valence-electron chi connectivity index (χ2n) is 4.28. The zero-order valence-corrected chi connectivity index (χ0v) is 9.96. The summed E-state index contributed by atoms with van der Waals surface area (Å²) in [6.07, 6.45) is 0.986. The highest BCUT2D eigenvalue weighted by Gasteiger charge is 2.23. The van der Waals surface area contributed by atoms with Crippen LogP contribution in [0.3, 0.4) is 0 Å². The van der Waals surface area contributed by atoms with Gasteiger partial charge in [-0.3, -0.25) is 0 Å². The van der Waals surface area contributed by atoms with Crippen molar-refractivity contribution in [3.63, 3.8) is 0 Å². The van der Waals surface area contributed by atoms with Crippen molar-refractivity contribution >= 4 is 11.6 Å². The molecular weight excluding hydrogens is 220 g/mol. The molecule has 6 heteroatoms. The summed E-state index contributed by atoms with van der Waals surface area (Å²) in [5.41, 5.74) is 5.74. The van der Waals surface area contributed by atoms with Gasteiger partial charge in [-0.05, 0) is 6.42 Å². The Bertz CT molecular complexity index is 386. The zero-order valence-electron chi connectivity index (χ0n) is 9.96. The molecular formula is C11H18N4O2. The molecule has 1 atom stereocenters. The molecule has 0 radical (unpaired) electrons. The number of aliphatic hydroxyl groups excluding tert-OH is 1. The van der Waals surface area contributed by atoms with E-state index in [0.717, 1.165) is 25.3 Å². The average molecular weight is 238 g/mol. The minimum absolute atomic E-state index is 0.224. The van der Waals surface area contributed by atoms with Crippen LogP contribution >= 0.6 is 0 Å². The Morgan fingerprint density at radius 1 is 1.59 bits per heavy atom. The van der Waals surface area contributed by atoms with Crippen molar-refractivity contribution in [1.82, 2.24) is 9.97 Å². The first-order valence-electron chi connectivity index (χ1n) is 5.71. The van der Waals surface area contributed by atoms with Gasteiger partial charge in [0.15, 0.2) is 5.82 Å². The van der Waals surface area contributed by atoms with Gasteiger partial charge in [0.1, 0.15) is 18.2 Å². The quantitative estimate of drug-likeness (QED) is 0.769. The summed E-state index contributed by atoms with van der Waals surface area (Å²) >= 11 is 0. The predicted molar refractivity (Wildman–Crippen MR) is 64.6 cm³/mol. The molecule has 6 nitrogen and oxygen atoms in total. The van der Waals surface area contributed by atoms with Crippen LogP contribution in [0.2, 0.25) is 0 Å². The molecule has 0 aliphatic carbocycles. The molecule has 0 saturated carbocycles. The molecule has 17 heavy (non-hydrogen) atoms. The molecule has 2 heterocycles. The fourth-order valence-electron chi connectivity index (χ4n) is 2.05. The van der Waals surface area contributed by atoms with E-state index in [1.807, 2.05) is 0 Å². The number of hydrogen-bond acceptors (Lipinski definition) is 6. The molecule has 0 aromatic carbocycles. The maximum Gasteiger partial charge on any atom is 0.158 e.